The summed E-state index contributed by atoms with van der Waals surface area (Å²) in [5, 5.41) is 11.3. The van der Waals surface area contributed by atoms with Crippen molar-refractivity contribution in [2.75, 3.05) is 24.2 Å². The summed E-state index contributed by atoms with van der Waals surface area (Å²) in [6, 6.07) is 0.399. The summed E-state index contributed by atoms with van der Waals surface area (Å²) < 4.78 is 4.90. The second-order valence-electron chi connectivity index (χ2n) is 2.07. The first-order chi connectivity index (χ1) is 5.33. The number of nitrogens with zero attached hydrogens (tertiary/aromatic N) is 1. The van der Waals surface area contributed by atoms with Crippen molar-refractivity contribution in [3.05, 3.63) is 6.20 Å². The summed E-state index contributed by atoms with van der Waals surface area (Å²) >= 11 is 0. The first-order valence-corrected chi connectivity index (χ1v) is 3.39. The number of nitrogens with one attached hydrogen (secondary N) is 1. The quantitative estimate of drug-likeness (QED) is 0.538. The molecule has 0 unspecified atom stereocenters. The first kappa shape index (κ1) is 7.87. The molecule has 1 aromatic rings. The molecule has 1 rings (SSSR count). The average Bonchev–Trinajstić information content (AvgIpc) is 2.37. The van der Waals surface area contributed by atoms with Crippen LogP contribution in [0.4, 0.5) is 11.9 Å². The SMILES string of the molecule is Nc1cnc(NCCCO)o1. The zero-order valence-electron chi connectivity index (χ0n) is 6.08. The van der Waals surface area contributed by atoms with Crippen LogP contribution < -0.4 is 11.1 Å². The van der Waals surface area contributed by atoms with E-state index in [2.05, 4.69) is 10.3 Å². The lowest BCUT2D eigenvalue weighted by Crippen LogP contribution is -2.03. The molecule has 5 heteroatoms. The molecule has 0 fully saturated rings. The molecule has 0 spiro atoms. The monoisotopic (exact) mass is 157 g/mol. The zero-order chi connectivity index (χ0) is 8.10. The Morgan fingerprint density at radius 3 is 3.09 bits per heavy atom. The van der Waals surface area contributed by atoms with Gasteiger partial charge in [-0.05, 0) is 6.42 Å². The molecule has 0 atom stereocenters. The zero-order valence-corrected chi connectivity index (χ0v) is 6.08. The van der Waals surface area contributed by atoms with Crippen LogP contribution in [0.25, 0.3) is 0 Å². The second-order valence-corrected chi connectivity index (χ2v) is 2.07. The fourth-order valence-corrected chi connectivity index (χ4v) is 0.643. The van der Waals surface area contributed by atoms with E-state index in [-0.39, 0.29) is 12.5 Å². The first-order valence-electron chi connectivity index (χ1n) is 3.39. The Balaban J connectivity index is 2.27. The Morgan fingerprint density at radius 2 is 2.55 bits per heavy atom. The lowest BCUT2D eigenvalue weighted by molar-refractivity contribution is 0.292. The van der Waals surface area contributed by atoms with E-state index in [1.165, 1.54) is 6.20 Å². The summed E-state index contributed by atoms with van der Waals surface area (Å²) in [7, 11) is 0. The van der Waals surface area contributed by atoms with Gasteiger partial charge in [-0.3, -0.25) is 0 Å². The Morgan fingerprint density at radius 1 is 1.73 bits per heavy atom. The number of nitrogen functional groups attached to an aromatic ring is 1. The number of anilines is 2. The van der Waals surface area contributed by atoms with Crippen molar-refractivity contribution in [2.24, 2.45) is 0 Å². The number of nitrogens with two attached hydrogens (primary N) is 1. The molecular formula is C6H11N3O2. The van der Waals surface area contributed by atoms with E-state index in [4.69, 9.17) is 15.3 Å². The van der Waals surface area contributed by atoms with Crippen molar-refractivity contribution in [2.45, 2.75) is 6.42 Å². The molecule has 62 valence electrons. The van der Waals surface area contributed by atoms with Gasteiger partial charge in [0.2, 0.25) is 5.88 Å². The van der Waals surface area contributed by atoms with Gasteiger partial charge in [0.15, 0.2) is 0 Å². The molecule has 0 aliphatic heterocycles. The summed E-state index contributed by atoms with van der Waals surface area (Å²) in [4.78, 5) is 3.80. The minimum Gasteiger partial charge on any atom is -0.408 e. The van der Waals surface area contributed by atoms with Crippen LogP contribution >= 0.6 is 0 Å². The van der Waals surface area contributed by atoms with Crippen LogP contribution in [0.5, 0.6) is 0 Å². The predicted molar refractivity (Wildman–Crippen MR) is 41.1 cm³/mol. The van der Waals surface area contributed by atoms with Gasteiger partial charge in [0.05, 0.1) is 6.20 Å². The second kappa shape index (κ2) is 3.82. The van der Waals surface area contributed by atoms with E-state index >= 15 is 0 Å². The minimum atomic E-state index is 0.156. The molecule has 0 aromatic carbocycles. The van der Waals surface area contributed by atoms with E-state index < -0.39 is 0 Å². The number of rotatable bonds is 4. The minimum absolute atomic E-state index is 0.156. The number of oxazole rings is 1. The molecule has 0 bridgehead atoms. The summed E-state index contributed by atoms with van der Waals surface area (Å²) in [5.74, 6) is 0.288. The van der Waals surface area contributed by atoms with Crippen LogP contribution in [-0.4, -0.2) is 23.2 Å². The molecule has 4 N–H and O–H groups in total. The molecule has 11 heavy (non-hydrogen) atoms. The van der Waals surface area contributed by atoms with Gasteiger partial charge in [0.25, 0.3) is 6.01 Å². The summed E-state index contributed by atoms with van der Waals surface area (Å²) in [5.41, 5.74) is 5.26. The van der Waals surface area contributed by atoms with Crippen LogP contribution in [0.1, 0.15) is 6.42 Å². The maximum atomic E-state index is 8.43. The molecule has 0 radical (unpaired) electrons. The number of hydrogen-bond acceptors (Lipinski definition) is 5. The summed E-state index contributed by atoms with van der Waals surface area (Å²) in [6.45, 7) is 0.791. The van der Waals surface area contributed by atoms with E-state index in [0.29, 0.717) is 19.0 Å². The fourth-order valence-electron chi connectivity index (χ4n) is 0.643. The third kappa shape index (κ3) is 2.46. The van der Waals surface area contributed by atoms with Crippen LogP contribution in [0.15, 0.2) is 10.6 Å². The standard InChI is InChI=1S/C6H11N3O2/c7-5-4-9-6(11-5)8-2-1-3-10/h4,10H,1-3,7H2,(H,8,9). The maximum Gasteiger partial charge on any atom is 0.296 e. The fraction of sp³-hybridized carbons (Fsp3) is 0.500. The molecular weight excluding hydrogens is 146 g/mol. The lowest BCUT2D eigenvalue weighted by Gasteiger charge is -1.97. The molecule has 0 saturated carbocycles. The third-order valence-electron chi connectivity index (χ3n) is 1.13. The number of aromatic nitrogens is 1. The third-order valence-corrected chi connectivity index (χ3v) is 1.13. The van der Waals surface area contributed by atoms with Gasteiger partial charge in [-0.15, -0.1) is 0 Å². The highest BCUT2D eigenvalue weighted by Gasteiger charge is 1.97. The molecule has 5 nitrogen and oxygen atoms in total. The van der Waals surface area contributed by atoms with Crippen LogP contribution in [0.3, 0.4) is 0 Å². The van der Waals surface area contributed by atoms with E-state index in [1.54, 1.807) is 0 Å². The van der Waals surface area contributed by atoms with Gasteiger partial charge in [0.1, 0.15) is 0 Å². The predicted octanol–water partition coefficient (Wildman–Crippen LogP) is 0.0511. The topological polar surface area (TPSA) is 84.3 Å². The normalized spacial score (nSPS) is 9.91. The van der Waals surface area contributed by atoms with Gasteiger partial charge >= 0.3 is 0 Å². The van der Waals surface area contributed by atoms with Crippen LogP contribution in [0, 0.1) is 0 Å². The molecule has 0 amide bonds. The number of hydrogen-bond donors (Lipinski definition) is 3. The molecule has 0 saturated heterocycles. The molecule has 0 aliphatic carbocycles. The van der Waals surface area contributed by atoms with E-state index in [1.807, 2.05) is 0 Å². The van der Waals surface area contributed by atoms with Gasteiger partial charge in [0, 0.05) is 13.2 Å². The number of aliphatic hydroxyl groups is 1. The Hall–Kier alpha value is -1.23. The average molecular weight is 157 g/mol. The van der Waals surface area contributed by atoms with Gasteiger partial charge in [-0.1, -0.05) is 0 Å². The van der Waals surface area contributed by atoms with Crippen molar-refractivity contribution in [3.63, 3.8) is 0 Å². The van der Waals surface area contributed by atoms with Crippen molar-refractivity contribution in [1.29, 1.82) is 0 Å². The van der Waals surface area contributed by atoms with Crippen LogP contribution in [0.2, 0.25) is 0 Å². The molecule has 1 aromatic heterocycles. The van der Waals surface area contributed by atoms with Crippen molar-refractivity contribution >= 4 is 11.9 Å². The molecule has 0 aliphatic rings. The number of aliphatic hydroxyl groups excluding tert-OH is 1. The largest absolute Gasteiger partial charge is 0.408 e. The van der Waals surface area contributed by atoms with Crippen molar-refractivity contribution in [1.82, 2.24) is 4.98 Å². The smallest absolute Gasteiger partial charge is 0.296 e. The summed E-state index contributed by atoms with van der Waals surface area (Å²) in [6.07, 6.45) is 2.10. The van der Waals surface area contributed by atoms with Crippen molar-refractivity contribution < 1.29 is 9.52 Å². The van der Waals surface area contributed by atoms with Gasteiger partial charge in [-0.2, -0.15) is 4.98 Å². The Kier molecular flexibility index (Phi) is 2.74. The van der Waals surface area contributed by atoms with Crippen LogP contribution in [-0.2, 0) is 0 Å². The van der Waals surface area contributed by atoms with Gasteiger partial charge < -0.3 is 20.6 Å². The van der Waals surface area contributed by atoms with E-state index in [0.717, 1.165) is 0 Å². The van der Waals surface area contributed by atoms with Gasteiger partial charge in [-0.25, -0.2) is 0 Å². The maximum absolute atomic E-state index is 8.43. The molecule has 1 heterocycles. The van der Waals surface area contributed by atoms with E-state index in [9.17, 15) is 0 Å². The highest BCUT2D eigenvalue weighted by atomic mass is 16.4. The Labute approximate surface area is 64.2 Å². The highest BCUT2D eigenvalue weighted by molar-refractivity contribution is 5.29. The Bertz CT molecular complexity index is 211. The highest BCUT2D eigenvalue weighted by Crippen LogP contribution is 2.08. The van der Waals surface area contributed by atoms with Crippen molar-refractivity contribution in [3.8, 4) is 0 Å². The lowest BCUT2D eigenvalue weighted by atomic mass is 10.5.